The van der Waals surface area contributed by atoms with E-state index in [-0.39, 0.29) is 0 Å². The van der Waals surface area contributed by atoms with Crippen LogP contribution in [-0.4, -0.2) is 45.7 Å². The maximum absolute atomic E-state index is 2.67. The van der Waals surface area contributed by atoms with E-state index >= 15 is 0 Å². The summed E-state index contributed by atoms with van der Waals surface area (Å²) in [6.45, 7) is 15.1. The first-order valence-electron chi connectivity index (χ1n) is 9.83. The summed E-state index contributed by atoms with van der Waals surface area (Å²) >= 11 is -0.423. The Morgan fingerprint density at radius 1 is 0.773 bits per heavy atom. The predicted molar refractivity (Wildman–Crippen MR) is 104 cm³/mol. The Hall–Kier alpha value is 0.499. The number of rotatable bonds is 15. The zero-order valence-corrected chi connectivity index (χ0v) is 18.9. The Kier molecular flexibility index (Phi) is 15.4. The Balaban J connectivity index is 4.66. The van der Waals surface area contributed by atoms with Crippen LogP contribution in [0.15, 0.2) is 10.2 Å². The Labute approximate surface area is 151 Å². The van der Waals surface area contributed by atoms with Crippen molar-refractivity contribution in [2.24, 2.45) is 0 Å². The van der Waals surface area contributed by atoms with E-state index in [2.05, 4.69) is 49.7 Å². The van der Waals surface area contributed by atoms with Gasteiger partial charge in [-0.2, -0.15) is 0 Å². The molecule has 2 radical (unpaired) electrons. The molecule has 0 bridgehead atoms. The van der Waals surface area contributed by atoms with E-state index in [9.17, 15) is 0 Å². The summed E-state index contributed by atoms with van der Waals surface area (Å²) in [5.74, 6) is 0. The van der Waals surface area contributed by atoms with Gasteiger partial charge < -0.3 is 0 Å². The van der Waals surface area contributed by atoms with E-state index in [4.69, 9.17) is 0 Å². The van der Waals surface area contributed by atoms with Gasteiger partial charge in [0.2, 0.25) is 0 Å². The predicted octanol–water partition coefficient (Wildman–Crippen LogP) is 6.28. The third-order valence-electron chi connectivity index (χ3n) is 4.79. The van der Waals surface area contributed by atoms with Crippen molar-refractivity contribution in [3.63, 3.8) is 0 Å². The molecule has 22 heavy (non-hydrogen) atoms. The molecule has 0 atom stereocenters. The zero-order valence-electron chi connectivity index (χ0n) is 16.1. The molecule has 130 valence electrons. The van der Waals surface area contributed by atoms with Crippen molar-refractivity contribution in [3.8, 4) is 0 Å². The second-order valence-corrected chi connectivity index (χ2v) is 11.4. The number of hydrogen-bond donors (Lipinski definition) is 0. The Bertz CT molecular complexity index is 237. The summed E-state index contributed by atoms with van der Waals surface area (Å²) in [6, 6.07) is 0. The molecule has 0 aromatic heterocycles. The fraction of sp³-hybridized carbons (Fsp3) is 0.900. The van der Waals surface area contributed by atoms with Gasteiger partial charge in [-0.3, -0.25) is 0 Å². The monoisotopic (exact) mass is 415 g/mol. The fourth-order valence-electron chi connectivity index (χ4n) is 3.06. The van der Waals surface area contributed by atoms with Gasteiger partial charge in [-0.1, -0.05) is 0 Å². The van der Waals surface area contributed by atoms with Crippen molar-refractivity contribution in [2.75, 3.05) is 19.6 Å². The van der Waals surface area contributed by atoms with Gasteiger partial charge in [-0.15, -0.1) is 0 Å². The summed E-state index contributed by atoms with van der Waals surface area (Å²) in [6.07, 6.45) is 15.4. The number of nitrogens with zero attached hydrogens (tertiary/aromatic N) is 1. The first-order chi connectivity index (χ1) is 10.7. The molecule has 2 heteroatoms. The molecular formula is C20H41NSn. The third-order valence-corrected chi connectivity index (χ3v) is 9.83. The van der Waals surface area contributed by atoms with Crippen LogP contribution in [0.3, 0.4) is 0 Å². The van der Waals surface area contributed by atoms with Crippen molar-refractivity contribution in [3.05, 3.63) is 10.2 Å². The molecule has 0 N–H and O–H groups in total. The fourth-order valence-corrected chi connectivity index (χ4v) is 7.45. The van der Waals surface area contributed by atoms with Crippen LogP contribution in [0.2, 0.25) is 3.43 Å². The maximum atomic E-state index is 2.67. The normalized spacial score (nSPS) is 12.6. The summed E-state index contributed by atoms with van der Waals surface area (Å²) in [4.78, 5) is 2.52. The Morgan fingerprint density at radius 2 is 1.23 bits per heavy atom. The molecule has 0 amide bonds. The summed E-state index contributed by atoms with van der Waals surface area (Å²) in [5.41, 5.74) is 0. The van der Waals surface area contributed by atoms with Gasteiger partial charge in [0.15, 0.2) is 0 Å². The molecule has 0 unspecified atom stereocenters. The third kappa shape index (κ3) is 10.3. The van der Waals surface area contributed by atoms with Crippen molar-refractivity contribution < 1.29 is 0 Å². The molecule has 0 saturated heterocycles. The molecule has 0 aromatic rings. The van der Waals surface area contributed by atoms with Crippen LogP contribution in [0.1, 0.15) is 92.4 Å². The van der Waals surface area contributed by atoms with Gasteiger partial charge in [0.1, 0.15) is 0 Å². The molecule has 0 aliphatic rings. The topological polar surface area (TPSA) is 3.24 Å². The van der Waals surface area contributed by atoms with Crippen molar-refractivity contribution in [2.45, 2.75) is 95.8 Å². The Morgan fingerprint density at radius 3 is 1.59 bits per heavy atom. The van der Waals surface area contributed by atoms with Crippen LogP contribution >= 0.6 is 0 Å². The molecule has 1 nitrogen and oxygen atoms in total. The molecule has 0 aliphatic carbocycles. The summed E-state index contributed by atoms with van der Waals surface area (Å²) in [5, 5.41) is 0. The van der Waals surface area contributed by atoms with Crippen molar-refractivity contribution >= 4 is 21.1 Å². The summed E-state index contributed by atoms with van der Waals surface area (Å²) < 4.78 is 3.42. The van der Waals surface area contributed by atoms with Crippen LogP contribution in [0, 0.1) is 0 Å². The van der Waals surface area contributed by atoms with Gasteiger partial charge in [-0.25, -0.2) is 0 Å². The number of likely N-dealkylation sites (N-methyl/N-ethyl adjacent to an activating group) is 1. The zero-order chi connectivity index (χ0) is 16.7. The van der Waals surface area contributed by atoms with E-state index in [0.29, 0.717) is 0 Å². The second-order valence-electron chi connectivity index (χ2n) is 6.62. The van der Waals surface area contributed by atoms with Gasteiger partial charge in [0.05, 0.1) is 0 Å². The SMILES string of the molecule is CCCC[C](CCCC)(CCCC)[Sn]/[CH]=C\CN(CC)CC. The number of unbranched alkanes of at least 4 members (excludes halogenated alkanes) is 3. The quantitative estimate of drug-likeness (QED) is 0.285. The molecule has 0 heterocycles. The number of hydrogen-bond acceptors (Lipinski definition) is 1. The van der Waals surface area contributed by atoms with Crippen LogP contribution in [0.5, 0.6) is 0 Å². The van der Waals surface area contributed by atoms with Gasteiger partial charge in [0.25, 0.3) is 0 Å². The van der Waals surface area contributed by atoms with E-state index in [1.165, 1.54) is 77.4 Å². The molecule has 0 fully saturated rings. The van der Waals surface area contributed by atoms with Gasteiger partial charge >= 0.3 is 152 Å². The minimum absolute atomic E-state index is 0.423. The van der Waals surface area contributed by atoms with E-state index in [1.807, 2.05) is 0 Å². The molecule has 0 aromatic carbocycles. The van der Waals surface area contributed by atoms with Crippen LogP contribution in [0.25, 0.3) is 0 Å². The second kappa shape index (κ2) is 15.1. The van der Waals surface area contributed by atoms with E-state index in [1.54, 1.807) is 0 Å². The average Bonchev–Trinajstić information content (AvgIpc) is 2.56. The van der Waals surface area contributed by atoms with Crippen LogP contribution in [-0.2, 0) is 0 Å². The van der Waals surface area contributed by atoms with Crippen molar-refractivity contribution in [1.82, 2.24) is 4.90 Å². The molecule has 0 saturated carbocycles. The average molecular weight is 414 g/mol. The molecular weight excluding hydrogens is 373 g/mol. The van der Waals surface area contributed by atoms with Crippen LogP contribution < -0.4 is 0 Å². The first-order valence-corrected chi connectivity index (χ1v) is 12.9. The standard InChI is InChI=1S/C13H27.C7H14N.Sn/c1-4-7-10-13(11-8-5-2)12-9-6-3;1-4-7-8(5-2)6-3;/h4-12H2,1-3H3;1,4H,5-7H2,2-3H3;. The van der Waals surface area contributed by atoms with Crippen LogP contribution in [0.4, 0.5) is 0 Å². The van der Waals surface area contributed by atoms with E-state index < -0.39 is 21.1 Å². The molecule has 0 spiro atoms. The molecule has 0 aliphatic heterocycles. The van der Waals surface area contributed by atoms with Crippen molar-refractivity contribution in [1.29, 1.82) is 0 Å². The van der Waals surface area contributed by atoms with Gasteiger partial charge in [-0.05, 0) is 0 Å². The minimum atomic E-state index is -0.423. The molecule has 0 rings (SSSR count). The first kappa shape index (κ1) is 22.5. The summed E-state index contributed by atoms with van der Waals surface area (Å²) in [7, 11) is 0. The van der Waals surface area contributed by atoms with E-state index in [0.717, 1.165) is 3.43 Å². The van der Waals surface area contributed by atoms with Gasteiger partial charge in [0, 0.05) is 0 Å².